The molecule has 0 radical (unpaired) electrons. The summed E-state index contributed by atoms with van der Waals surface area (Å²) in [4.78, 5) is 1.13. The Morgan fingerprint density at radius 3 is 2.32 bits per heavy atom. The summed E-state index contributed by atoms with van der Waals surface area (Å²) in [6.45, 7) is 2.13. The molecule has 3 rings (SSSR count). The lowest BCUT2D eigenvalue weighted by atomic mass is 9.97. The maximum Gasteiger partial charge on any atom is 0.00442 e. The molecule has 0 saturated heterocycles. The summed E-state index contributed by atoms with van der Waals surface area (Å²) < 4.78 is 0. The Labute approximate surface area is 119 Å². The number of hydrogen-bond acceptors (Lipinski definition) is 1. The third-order valence-corrected chi connectivity index (χ3v) is 4.05. The van der Waals surface area contributed by atoms with Gasteiger partial charge in [0.25, 0.3) is 0 Å². The van der Waals surface area contributed by atoms with Crippen LogP contribution in [0.4, 0.5) is 0 Å². The van der Waals surface area contributed by atoms with E-state index in [0.717, 1.165) is 17.7 Å². The van der Waals surface area contributed by atoms with Crippen LogP contribution in [-0.2, 0) is 6.42 Å². The largest absolute Gasteiger partial charge is 0.0893 e. The first-order valence-corrected chi connectivity index (χ1v) is 7.11. The molecule has 0 heterocycles. The van der Waals surface area contributed by atoms with Gasteiger partial charge in [-0.25, -0.2) is 0 Å². The highest BCUT2D eigenvalue weighted by molar-refractivity contribution is 7.80. The van der Waals surface area contributed by atoms with Crippen LogP contribution in [-0.4, -0.2) is 4.86 Å². The monoisotopic (exact) mass is 264 g/mol. The minimum Gasteiger partial charge on any atom is -0.0893 e. The van der Waals surface area contributed by atoms with E-state index in [9.17, 15) is 0 Å². The average Bonchev–Trinajstić information content (AvgIpc) is 2.45. The zero-order valence-corrected chi connectivity index (χ0v) is 11.8. The van der Waals surface area contributed by atoms with Crippen LogP contribution in [0.25, 0.3) is 21.5 Å². The zero-order valence-electron chi connectivity index (χ0n) is 11.0. The number of fused-ring (bicyclic) bond motifs is 2. The molecule has 0 aliphatic rings. The van der Waals surface area contributed by atoms with Gasteiger partial charge in [-0.1, -0.05) is 61.6 Å². The van der Waals surface area contributed by atoms with Crippen LogP contribution in [0.2, 0.25) is 0 Å². The van der Waals surface area contributed by atoms with Crippen LogP contribution in [0, 0.1) is 0 Å². The quantitative estimate of drug-likeness (QED) is 0.456. The fourth-order valence-electron chi connectivity index (χ4n) is 2.52. The summed E-state index contributed by atoms with van der Waals surface area (Å²) in [5.41, 5.74) is 1.34. The van der Waals surface area contributed by atoms with Crippen molar-refractivity contribution in [3.63, 3.8) is 0 Å². The van der Waals surface area contributed by atoms with E-state index in [4.69, 9.17) is 12.2 Å². The van der Waals surface area contributed by atoms with Crippen molar-refractivity contribution in [3.8, 4) is 0 Å². The van der Waals surface area contributed by atoms with Gasteiger partial charge in [0.05, 0.1) is 0 Å². The molecule has 0 saturated carbocycles. The molecule has 0 unspecified atom stereocenters. The van der Waals surface area contributed by atoms with Crippen molar-refractivity contribution in [2.45, 2.75) is 19.8 Å². The predicted octanol–water partition coefficient (Wildman–Crippen LogP) is 5.32. The molecule has 0 spiro atoms. The maximum atomic E-state index is 5.40. The van der Waals surface area contributed by atoms with Crippen LogP contribution in [0.15, 0.2) is 54.6 Å². The van der Waals surface area contributed by atoms with Gasteiger partial charge >= 0.3 is 0 Å². The average molecular weight is 264 g/mol. The van der Waals surface area contributed by atoms with Crippen molar-refractivity contribution in [1.29, 1.82) is 0 Å². The lowest BCUT2D eigenvalue weighted by Gasteiger charge is -2.08. The molecule has 0 fully saturated rings. The Bertz CT molecular complexity index is 756. The number of thiocarbonyl (C=S) groups is 1. The third kappa shape index (κ3) is 2.39. The zero-order chi connectivity index (χ0) is 13.2. The number of benzene rings is 3. The molecular weight excluding hydrogens is 248 g/mol. The molecule has 94 valence electrons. The van der Waals surface area contributed by atoms with E-state index in [0.29, 0.717) is 0 Å². The normalized spacial score (nSPS) is 11.0. The van der Waals surface area contributed by atoms with Gasteiger partial charge in [0, 0.05) is 6.42 Å². The first-order valence-electron chi connectivity index (χ1n) is 6.70. The highest BCUT2D eigenvalue weighted by atomic mass is 32.1. The molecule has 0 N–H and O–H groups in total. The smallest absolute Gasteiger partial charge is 0.00442 e. The molecule has 1 heteroatoms. The maximum absolute atomic E-state index is 5.40. The van der Waals surface area contributed by atoms with Crippen molar-refractivity contribution in [1.82, 2.24) is 0 Å². The van der Waals surface area contributed by atoms with Gasteiger partial charge in [-0.05, 0) is 50.5 Å². The van der Waals surface area contributed by atoms with Crippen LogP contribution >= 0.6 is 12.2 Å². The van der Waals surface area contributed by atoms with E-state index < -0.39 is 0 Å². The molecule has 0 amide bonds. The Balaban J connectivity index is 2.23. The standard InChI is InChI=1S/C18H16S/c1-2-17(19)11-16-9-5-8-15-10-13-6-3-4-7-14(13)12-18(15)16/h3-10,12H,2,11H2,1H3. The second-order valence-corrected chi connectivity index (χ2v) is 5.48. The Hall–Kier alpha value is -1.73. The number of rotatable bonds is 3. The van der Waals surface area contributed by atoms with Crippen molar-refractivity contribution in [2.24, 2.45) is 0 Å². The Morgan fingerprint density at radius 2 is 1.58 bits per heavy atom. The SMILES string of the molecule is CCC(=S)Cc1cccc2cc3ccccc3cc12. The second kappa shape index (κ2) is 5.10. The van der Waals surface area contributed by atoms with Gasteiger partial charge in [0.1, 0.15) is 0 Å². The second-order valence-electron chi connectivity index (χ2n) is 4.91. The predicted molar refractivity (Wildman–Crippen MR) is 88.0 cm³/mol. The summed E-state index contributed by atoms with van der Waals surface area (Å²) in [6.07, 6.45) is 1.88. The third-order valence-electron chi connectivity index (χ3n) is 3.62. The van der Waals surface area contributed by atoms with Crippen molar-refractivity contribution < 1.29 is 0 Å². The van der Waals surface area contributed by atoms with E-state index in [1.54, 1.807) is 0 Å². The molecule has 0 aliphatic carbocycles. The van der Waals surface area contributed by atoms with E-state index in [1.807, 2.05) is 0 Å². The molecular formula is C18H16S. The van der Waals surface area contributed by atoms with E-state index in [-0.39, 0.29) is 0 Å². The summed E-state index contributed by atoms with van der Waals surface area (Å²) >= 11 is 5.40. The minimum atomic E-state index is 0.904. The summed E-state index contributed by atoms with van der Waals surface area (Å²) in [5, 5.41) is 5.22. The molecule has 19 heavy (non-hydrogen) atoms. The molecule has 0 aromatic heterocycles. The van der Waals surface area contributed by atoms with Crippen LogP contribution in [0.1, 0.15) is 18.9 Å². The van der Waals surface area contributed by atoms with Crippen LogP contribution < -0.4 is 0 Å². The molecule has 0 bridgehead atoms. The van der Waals surface area contributed by atoms with Gasteiger partial charge in [-0.15, -0.1) is 0 Å². The fraction of sp³-hybridized carbons (Fsp3) is 0.167. The highest BCUT2D eigenvalue weighted by Crippen LogP contribution is 2.26. The van der Waals surface area contributed by atoms with Crippen molar-refractivity contribution in [2.75, 3.05) is 0 Å². The first-order chi connectivity index (χ1) is 9.28. The van der Waals surface area contributed by atoms with E-state index in [1.165, 1.54) is 27.1 Å². The minimum absolute atomic E-state index is 0.904. The summed E-state index contributed by atoms with van der Waals surface area (Å²) in [6, 6.07) is 19.6. The van der Waals surface area contributed by atoms with E-state index >= 15 is 0 Å². The fourth-order valence-corrected chi connectivity index (χ4v) is 2.68. The summed E-state index contributed by atoms with van der Waals surface area (Å²) in [5.74, 6) is 0. The van der Waals surface area contributed by atoms with Crippen LogP contribution in [0.5, 0.6) is 0 Å². The lowest BCUT2D eigenvalue weighted by Crippen LogP contribution is -1.98. The summed E-state index contributed by atoms with van der Waals surface area (Å²) in [7, 11) is 0. The van der Waals surface area contributed by atoms with Gasteiger partial charge < -0.3 is 0 Å². The Kier molecular flexibility index (Phi) is 3.31. The molecule has 0 aliphatic heterocycles. The highest BCUT2D eigenvalue weighted by Gasteiger charge is 2.04. The van der Waals surface area contributed by atoms with Crippen LogP contribution in [0.3, 0.4) is 0 Å². The Morgan fingerprint density at radius 1 is 0.895 bits per heavy atom. The first kappa shape index (κ1) is 12.3. The van der Waals surface area contributed by atoms with Gasteiger partial charge in [-0.2, -0.15) is 0 Å². The van der Waals surface area contributed by atoms with E-state index in [2.05, 4.69) is 61.5 Å². The van der Waals surface area contributed by atoms with Gasteiger partial charge in [-0.3, -0.25) is 0 Å². The topological polar surface area (TPSA) is 0 Å². The molecule has 3 aromatic carbocycles. The van der Waals surface area contributed by atoms with Gasteiger partial charge in [0.2, 0.25) is 0 Å². The number of hydrogen-bond donors (Lipinski definition) is 0. The molecule has 3 aromatic rings. The van der Waals surface area contributed by atoms with Crippen molar-refractivity contribution >= 4 is 38.6 Å². The molecule has 0 atom stereocenters. The molecule has 0 nitrogen and oxygen atoms in total. The van der Waals surface area contributed by atoms with Crippen molar-refractivity contribution in [3.05, 3.63) is 60.2 Å². The van der Waals surface area contributed by atoms with Gasteiger partial charge in [0.15, 0.2) is 0 Å². The lowest BCUT2D eigenvalue weighted by molar-refractivity contribution is 1.24.